The first-order valence-corrected chi connectivity index (χ1v) is 8.52. The topological polar surface area (TPSA) is 92.7 Å². The van der Waals surface area contributed by atoms with Crippen molar-refractivity contribution in [1.29, 1.82) is 0 Å². The molecule has 1 amide bonds. The molecule has 0 unspecified atom stereocenters. The van der Waals surface area contributed by atoms with Gasteiger partial charge < -0.3 is 10.3 Å². The van der Waals surface area contributed by atoms with Crippen molar-refractivity contribution in [2.45, 2.75) is 13.0 Å². The highest BCUT2D eigenvalue weighted by Gasteiger charge is 2.18. The van der Waals surface area contributed by atoms with Crippen LogP contribution in [0, 0.1) is 0 Å². The number of hydrogen-bond acceptors (Lipinski definition) is 4. The zero-order chi connectivity index (χ0) is 18.8. The van der Waals surface area contributed by atoms with Crippen LogP contribution in [0.2, 0.25) is 0 Å². The summed E-state index contributed by atoms with van der Waals surface area (Å²) in [6.07, 6.45) is 3.55. The molecule has 0 radical (unpaired) electrons. The van der Waals surface area contributed by atoms with Crippen LogP contribution in [-0.2, 0) is 0 Å². The number of amides is 1. The lowest BCUT2D eigenvalue weighted by Crippen LogP contribution is -2.30. The monoisotopic (exact) mass is 359 g/mol. The van der Waals surface area contributed by atoms with Crippen molar-refractivity contribution in [3.05, 3.63) is 88.7 Å². The molecule has 1 atom stereocenters. The minimum absolute atomic E-state index is 0.109. The predicted molar refractivity (Wildman–Crippen MR) is 102 cm³/mol. The van der Waals surface area contributed by atoms with E-state index in [0.29, 0.717) is 10.9 Å². The molecule has 0 aliphatic carbocycles. The third-order valence-corrected chi connectivity index (χ3v) is 4.35. The van der Waals surface area contributed by atoms with E-state index in [-0.39, 0.29) is 11.7 Å². The van der Waals surface area contributed by atoms with E-state index in [0.717, 1.165) is 11.3 Å². The molecule has 7 nitrogen and oxygen atoms in total. The van der Waals surface area contributed by atoms with Gasteiger partial charge in [0, 0.05) is 17.8 Å². The van der Waals surface area contributed by atoms with Crippen LogP contribution in [0.1, 0.15) is 29.0 Å². The third kappa shape index (κ3) is 3.22. The van der Waals surface area contributed by atoms with E-state index < -0.39 is 11.6 Å². The van der Waals surface area contributed by atoms with Crippen LogP contribution < -0.4 is 11.0 Å². The predicted octanol–water partition coefficient (Wildman–Crippen LogP) is 2.60. The van der Waals surface area contributed by atoms with Gasteiger partial charge in [-0.05, 0) is 30.7 Å². The first-order valence-electron chi connectivity index (χ1n) is 8.52. The molecule has 4 aromatic rings. The second kappa shape index (κ2) is 6.87. The van der Waals surface area contributed by atoms with Gasteiger partial charge in [0.2, 0.25) is 0 Å². The first-order chi connectivity index (χ1) is 13.1. The largest absolute Gasteiger partial charge is 0.346 e. The normalized spacial score (nSPS) is 12.0. The molecule has 27 heavy (non-hydrogen) atoms. The van der Waals surface area contributed by atoms with E-state index in [1.807, 2.05) is 43.5 Å². The molecule has 4 rings (SSSR count). The summed E-state index contributed by atoms with van der Waals surface area (Å²) in [5.41, 5.74) is 1.91. The summed E-state index contributed by atoms with van der Waals surface area (Å²) in [7, 11) is 0. The van der Waals surface area contributed by atoms with Crippen molar-refractivity contribution < 1.29 is 4.79 Å². The second-order valence-electron chi connectivity index (χ2n) is 6.14. The number of benzene rings is 2. The molecular weight excluding hydrogens is 342 g/mol. The number of nitrogens with zero attached hydrogens (tertiary/aromatic N) is 3. The van der Waals surface area contributed by atoms with Crippen molar-refractivity contribution in [2.24, 2.45) is 0 Å². The average Bonchev–Trinajstić information content (AvgIpc) is 3.22. The minimum atomic E-state index is -0.552. The molecule has 0 aliphatic heterocycles. The summed E-state index contributed by atoms with van der Waals surface area (Å²) < 4.78 is 1.75. The number of H-pyrrole nitrogens is 1. The molecule has 2 aromatic heterocycles. The lowest BCUT2D eigenvalue weighted by Gasteiger charge is -2.18. The van der Waals surface area contributed by atoms with Gasteiger partial charge >= 0.3 is 5.69 Å². The van der Waals surface area contributed by atoms with Gasteiger partial charge in [-0.1, -0.05) is 36.4 Å². The van der Waals surface area contributed by atoms with Crippen LogP contribution >= 0.6 is 0 Å². The summed E-state index contributed by atoms with van der Waals surface area (Å²) in [5, 5.41) is 7.80. The molecular formula is C20H17N5O2. The highest BCUT2D eigenvalue weighted by atomic mass is 16.2. The average molecular weight is 359 g/mol. The van der Waals surface area contributed by atoms with Gasteiger partial charge in [-0.25, -0.2) is 9.48 Å². The number of fused-ring (bicyclic) bond motifs is 1. The molecule has 0 saturated carbocycles. The SMILES string of the molecule is C[C@@H](NC(=O)c1nc(=O)[nH]c2ccccc12)c1ccccc1-n1cccn1. The Kier molecular flexibility index (Phi) is 4.25. The first kappa shape index (κ1) is 16.7. The van der Waals surface area contributed by atoms with Crippen LogP contribution in [-0.4, -0.2) is 25.7 Å². The molecule has 0 fully saturated rings. The summed E-state index contributed by atoms with van der Waals surface area (Å²) >= 11 is 0. The Morgan fingerprint density at radius 2 is 1.89 bits per heavy atom. The van der Waals surface area contributed by atoms with Crippen LogP contribution in [0.3, 0.4) is 0 Å². The Balaban J connectivity index is 1.68. The molecule has 0 spiro atoms. The number of nitrogens with one attached hydrogen (secondary N) is 2. The number of carbonyl (C=O) groups excluding carboxylic acids is 1. The van der Waals surface area contributed by atoms with E-state index in [1.54, 1.807) is 35.1 Å². The Labute approximate surface area is 154 Å². The zero-order valence-corrected chi connectivity index (χ0v) is 14.6. The van der Waals surface area contributed by atoms with E-state index in [9.17, 15) is 9.59 Å². The van der Waals surface area contributed by atoms with Crippen molar-refractivity contribution in [3.63, 3.8) is 0 Å². The van der Waals surface area contributed by atoms with Crippen LogP contribution in [0.4, 0.5) is 0 Å². The van der Waals surface area contributed by atoms with E-state index >= 15 is 0 Å². The maximum atomic E-state index is 12.8. The van der Waals surface area contributed by atoms with Gasteiger partial charge in [0.05, 0.1) is 17.2 Å². The van der Waals surface area contributed by atoms with Crippen LogP contribution in [0.15, 0.2) is 71.8 Å². The Morgan fingerprint density at radius 1 is 1.11 bits per heavy atom. The van der Waals surface area contributed by atoms with Crippen molar-refractivity contribution in [1.82, 2.24) is 25.1 Å². The lowest BCUT2D eigenvalue weighted by molar-refractivity contribution is 0.0936. The number of aromatic amines is 1. The molecule has 2 heterocycles. The Hall–Kier alpha value is -3.74. The minimum Gasteiger partial charge on any atom is -0.344 e. The fourth-order valence-corrected chi connectivity index (χ4v) is 3.09. The molecule has 134 valence electrons. The molecule has 0 bridgehead atoms. The van der Waals surface area contributed by atoms with Crippen molar-refractivity contribution >= 4 is 16.8 Å². The number of carbonyl (C=O) groups is 1. The number of rotatable bonds is 4. The number of aromatic nitrogens is 4. The number of para-hydroxylation sites is 2. The summed E-state index contributed by atoms with van der Waals surface area (Å²) in [5.74, 6) is -0.403. The van der Waals surface area contributed by atoms with Gasteiger partial charge in [0.1, 0.15) is 5.69 Å². The fourth-order valence-electron chi connectivity index (χ4n) is 3.09. The van der Waals surface area contributed by atoms with Crippen molar-refractivity contribution in [2.75, 3.05) is 0 Å². The maximum Gasteiger partial charge on any atom is 0.346 e. The standard InChI is InChI=1S/C20H17N5O2/c1-13(14-7-3-5-10-17(14)25-12-6-11-21-25)22-19(26)18-15-8-2-4-9-16(15)23-20(27)24-18/h2-13H,1H3,(H,22,26)(H,23,24,27)/t13-/m1/s1. The van der Waals surface area contributed by atoms with Gasteiger partial charge in [0.15, 0.2) is 0 Å². The van der Waals surface area contributed by atoms with Crippen LogP contribution in [0.25, 0.3) is 16.6 Å². The molecule has 0 saturated heterocycles. The van der Waals surface area contributed by atoms with Crippen LogP contribution in [0.5, 0.6) is 0 Å². The molecule has 7 heteroatoms. The number of hydrogen-bond donors (Lipinski definition) is 2. The fraction of sp³-hybridized carbons (Fsp3) is 0.100. The van der Waals surface area contributed by atoms with Crippen molar-refractivity contribution in [3.8, 4) is 5.69 Å². The summed E-state index contributed by atoms with van der Waals surface area (Å²) in [6, 6.07) is 16.3. The Morgan fingerprint density at radius 3 is 2.70 bits per heavy atom. The van der Waals surface area contributed by atoms with E-state index in [2.05, 4.69) is 20.4 Å². The molecule has 2 N–H and O–H groups in total. The smallest absolute Gasteiger partial charge is 0.344 e. The third-order valence-electron chi connectivity index (χ3n) is 4.35. The van der Waals surface area contributed by atoms with E-state index in [4.69, 9.17) is 0 Å². The summed E-state index contributed by atoms with van der Waals surface area (Å²) in [4.78, 5) is 31.2. The second-order valence-corrected chi connectivity index (χ2v) is 6.14. The van der Waals surface area contributed by atoms with E-state index in [1.165, 1.54) is 0 Å². The van der Waals surface area contributed by atoms with Gasteiger partial charge in [-0.3, -0.25) is 4.79 Å². The highest BCUT2D eigenvalue weighted by Crippen LogP contribution is 2.22. The quantitative estimate of drug-likeness (QED) is 0.586. The highest BCUT2D eigenvalue weighted by molar-refractivity contribution is 6.04. The van der Waals surface area contributed by atoms with Gasteiger partial charge in [0.25, 0.3) is 5.91 Å². The summed E-state index contributed by atoms with van der Waals surface area (Å²) in [6.45, 7) is 1.88. The zero-order valence-electron chi connectivity index (χ0n) is 14.6. The Bertz CT molecular complexity index is 1160. The van der Waals surface area contributed by atoms with Gasteiger partial charge in [-0.2, -0.15) is 10.1 Å². The lowest BCUT2D eigenvalue weighted by atomic mass is 10.1. The van der Waals surface area contributed by atoms with Gasteiger partial charge in [-0.15, -0.1) is 0 Å². The maximum absolute atomic E-state index is 12.8. The molecule has 2 aromatic carbocycles. The molecule has 0 aliphatic rings.